The molecule has 0 N–H and O–H groups in total. The molecule has 3 heteroatoms. The van der Waals surface area contributed by atoms with Crippen molar-refractivity contribution in [2.45, 2.75) is 64.7 Å². The summed E-state index contributed by atoms with van der Waals surface area (Å²) >= 11 is 0. The Kier molecular flexibility index (Phi) is 11.9. The molecule has 0 saturated carbocycles. The van der Waals surface area contributed by atoms with Crippen LogP contribution in [0, 0.1) is 5.82 Å². The average Bonchev–Trinajstić information content (AvgIpc) is 2.91. The zero-order valence-corrected chi connectivity index (χ0v) is 22.1. The number of rotatable bonds is 16. The van der Waals surface area contributed by atoms with Crippen molar-refractivity contribution in [2.24, 2.45) is 0 Å². The van der Waals surface area contributed by atoms with Crippen LogP contribution in [-0.2, 0) is 6.42 Å². The van der Waals surface area contributed by atoms with Crippen molar-refractivity contribution in [3.63, 3.8) is 0 Å². The number of hydrogen-bond acceptors (Lipinski definition) is 2. The molecule has 0 aliphatic carbocycles. The van der Waals surface area contributed by atoms with Gasteiger partial charge in [0.25, 0.3) is 0 Å². The molecule has 0 saturated heterocycles. The number of ether oxygens (including phenoxy) is 1. The summed E-state index contributed by atoms with van der Waals surface area (Å²) in [5.41, 5.74) is 5.17. The lowest BCUT2D eigenvalue weighted by molar-refractivity contribution is 0.104. The molecule has 3 rings (SSSR count). The van der Waals surface area contributed by atoms with Gasteiger partial charge < -0.3 is 4.74 Å². The van der Waals surface area contributed by atoms with Crippen LogP contribution in [0.1, 0.15) is 85.3 Å². The van der Waals surface area contributed by atoms with Gasteiger partial charge in [-0.05, 0) is 85.4 Å². The summed E-state index contributed by atoms with van der Waals surface area (Å²) < 4.78 is 18.8. The number of ketones is 1. The topological polar surface area (TPSA) is 26.3 Å². The highest BCUT2D eigenvalue weighted by Gasteiger charge is 2.02. The normalized spacial score (nSPS) is 11.1. The minimum atomic E-state index is -0.348. The van der Waals surface area contributed by atoms with Crippen LogP contribution in [0.5, 0.6) is 5.75 Å². The first-order valence-corrected chi connectivity index (χ1v) is 13.5. The smallest absolute Gasteiger partial charge is 0.185 e. The number of hydrogen-bond donors (Lipinski definition) is 0. The Labute approximate surface area is 221 Å². The largest absolute Gasteiger partial charge is 0.494 e. The van der Waals surface area contributed by atoms with Crippen molar-refractivity contribution in [1.29, 1.82) is 0 Å². The number of benzene rings is 3. The summed E-state index contributed by atoms with van der Waals surface area (Å²) in [6.45, 7) is 6.77. The lowest BCUT2D eigenvalue weighted by Crippen LogP contribution is -1.97. The standard InChI is InChI=1S/C34H39FO2/c1-27(2)30-17-12-28(13-18-30)11-9-7-5-3-4-6-8-10-26-37-33-23-14-29(15-24-33)16-25-34(36)31-19-21-32(35)22-20-31/h12-25H,1,3-11,26H2,2H3. The molecular weight excluding hydrogens is 459 g/mol. The molecule has 0 fully saturated rings. The van der Waals surface area contributed by atoms with Gasteiger partial charge >= 0.3 is 0 Å². The van der Waals surface area contributed by atoms with E-state index in [1.54, 1.807) is 6.08 Å². The second-order valence-electron chi connectivity index (χ2n) is 9.68. The van der Waals surface area contributed by atoms with Crippen LogP contribution in [0.15, 0.2) is 85.5 Å². The zero-order valence-electron chi connectivity index (χ0n) is 22.1. The Morgan fingerprint density at radius 3 is 1.95 bits per heavy atom. The first kappa shape index (κ1) is 28.1. The van der Waals surface area contributed by atoms with Crippen molar-refractivity contribution in [3.8, 4) is 5.75 Å². The molecule has 0 aromatic heterocycles. The van der Waals surface area contributed by atoms with Gasteiger partial charge in [0.15, 0.2) is 5.78 Å². The molecule has 0 bridgehead atoms. The van der Waals surface area contributed by atoms with E-state index in [9.17, 15) is 9.18 Å². The van der Waals surface area contributed by atoms with E-state index in [0.29, 0.717) is 5.56 Å². The molecule has 0 spiro atoms. The molecule has 37 heavy (non-hydrogen) atoms. The SMILES string of the molecule is C=C(C)c1ccc(CCCCCCCCCCOc2ccc(C=CC(=O)c3ccc(F)cc3)cc2)cc1. The maximum Gasteiger partial charge on any atom is 0.185 e. The van der Waals surface area contributed by atoms with E-state index < -0.39 is 0 Å². The second-order valence-corrected chi connectivity index (χ2v) is 9.68. The monoisotopic (exact) mass is 498 g/mol. The summed E-state index contributed by atoms with van der Waals surface area (Å²) in [6.07, 6.45) is 14.4. The number of aryl methyl sites for hydroxylation is 1. The number of allylic oxidation sites excluding steroid dienone is 2. The molecular formula is C34H39FO2. The van der Waals surface area contributed by atoms with E-state index in [1.165, 1.54) is 92.8 Å². The van der Waals surface area contributed by atoms with Gasteiger partial charge in [0.2, 0.25) is 0 Å². The van der Waals surface area contributed by atoms with E-state index in [1.807, 2.05) is 31.2 Å². The van der Waals surface area contributed by atoms with E-state index in [2.05, 4.69) is 30.8 Å². The Balaban J connectivity index is 1.19. The van der Waals surface area contributed by atoms with Crippen molar-refractivity contribution < 1.29 is 13.9 Å². The number of carbonyl (C=O) groups is 1. The van der Waals surface area contributed by atoms with Gasteiger partial charge in [-0.25, -0.2) is 4.39 Å². The third-order valence-electron chi connectivity index (χ3n) is 6.51. The van der Waals surface area contributed by atoms with E-state index in [0.717, 1.165) is 29.9 Å². The molecule has 3 aromatic carbocycles. The quantitative estimate of drug-likeness (QED) is 0.112. The molecule has 0 radical (unpaired) electrons. The molecule has 0 aliphatic heterocycles. The highest BCUT2D eigenvalue weighted by molar-refractivity contribution is 6.06. The van der Waals surface area contributed by atoms with Crippen LogP contribution < -0.4 is 4.74 Å². The Morgan fingerprint density at radius 1 is 0.757 bits per heavy atom. The summed E-state index contributed by atoms with van der Waals surface area (Å²) in [6, 6.07) is 22.1. The minimum absolute atomic E-state index is 0.148. The first-order chi connectivity index (χ1) is 18.0. The summed E-state index contributed by atoms with van der Waals surface area (Å²) in [5.74, 6) is 0.348. The zero-order chi connectivity index (χ0) is 26.3. The van der Waals surface area contributed by atoms with Gasteiger partial charge in [-0.1, -0.05) is 93.2 Å². The third kappa shape index (κ3) is 10.6. The van der Waals surface area contributed by atoms with Crippen LogP contribution in [0.2, 0.25) is 0 Å². The summed E-state index contributed by atoms with van der Waals surface area (Å²) in [7, 11) is 0. The fourth-order valence-corrected chi connectivity index (χ4v) is 4.20. The molecule has 3 aromatic rings. The van der Waals surface area contributed by atoms with Gasteiger partial charge in [0.1, 0.15) is 11.6 Å². The van der Waals surface area contributed by atoms with E-state index >= 15 is 0 Å². The van der Waals surface area contributed by atoms with E-state index in [-0.39, 0.29) is 11.6 Å². The van der Waals surface area contributed by atoms with Gasteiger partial charge in [0, 0.05) is 5.56 Å². The second kappa shape index (κ2) is 15.6. The maximum absolute atomic E-state index is 13.0. The molecule has 0 atom stereocenters. The Morgan fingerprint density at radius 2 is 1.32 bits per heavy atom. The Bertz CT molecular complexity index is 1130. The predicted molar refractivity (Wildman–Crippen MR) is 153 cm³/mol. The third-order valence-corrected chi connectivity index (χ3v) is 6.51. The van der Waals surface area contributed by atoms with Crippen LogP contribution in [0.3, 0.4) is 0 Å². The molecule has 0 amide bonds. The molecule has 0 aliphatic rings. The Hall–Kier alpha value is -3.46. The van der Waals surface area contributed by atoms with E-state index in [4.69, 9.17) is 4.74 Å². The molecule has 0 unspecified atom stereocenters. The van der Waals surface area contributed by atoms with Gasteiger partial charge in [-0.3, -0.25) is 4.79 Å². The number of unbranched alkanes of at least 4 members (excludes halogenated alkanes) is 7. The lowest BCUT2D eigenvalue weighted by atomic mass is 10.0. The van der Waals surface area contributed by atoms with Crippen molar-refractivity contribution >= 4 is 17.4 Å². The van der Waals surface area contributed by atoms with Crippen LogP contribution in [0.25, 0.3) is 11.6 Å². The number of halogens is 1. The maximum atomic E-state index is 13.0. The van der Waals surface area contributed by atoms with Crippen molar-refractivity contribution in [3.05, 3.63) is 114 Å². The lowest BCUT2D eigenvalue weighted by Gasteiger charge is -2.07. The predicted octanol–water partition coefficient (Wildman–Crippen LogP) is 9.50. The van der Waals surface area contributed by atoms with Gasteiger partial charge in [0.05, 0.1) is 6.61 Å². The van der Waals surface area contributed by atoms with Crippen LogP contribution in [0.4, 0.5) is 4.39 Å². The highest BCUT2D eigenvalue weighted by atomic mass is 19.1. The number of carbonyl (C=O) groups excluding carboxylic acids is 1. The molecule has 2 nitrogen and oxygen atoms in total. The highest BCUT2D eigenvalue weighted by Crippen LogP contribution is 2.17. The minimum Gasteiger partial charge on any atom is -0.494 e. The van der Waals surface area contributed by atoms with Crippen molar-refractivity contribution in [1.82, 2.24) is 0 Å². The summed E-state index contributed by atoms with van der Waals surface area (Å²) in [5, 5.41) is 0. The molecule has 0 heterocycles. The average molecular weight is 499 g/mol. The van der Waals surface area contributed by atoms with Gasteiger partial charge in [-0.15, -0.1) is 0 Å². The first-order valence-electron chi connectivity index (χ1n) is 13.5. The van der Waals surface area contributed by atoms with Gasteiger partial charge in [-0.2, -0.15) is 0 Å². The summed E-state index contributed by atoms with van der Waals surface area (Å²) in [4.78, 5) is 12.2. The molecule has 194 valence electrons. The fraction of sp³-hybridized carbons (Fsp3) is 0.324. The van der Waals surface area contributed by atoms with Crippen molar-refractivity contribution in [2.75, 3.05) is 6.61 Å². The fourth-order valence-electron chi connectivity index (χ4n) is 4.20. The van der Waals surface area contributed by atoms with Crippen LogP contribution in [-0.4, -0.2) is 12.4 Å². The van der Waals surface area contributed by atoms with Crippen LogP contribution >= 0.6 is 0 Å².